The molecule has 1 saturated carbocycles. The van der Waals surface area contributed by atoms with Gasteiger partial charge in [0, 0.05) is 24.1 Å². The van der Waals surface area contributed by atoms with Crippen molar-refractivity contribution in [3.63, 3.8) is 0 Å². The second-order valence-corrected chi connectivity index (χ2v) is 6.22. The molecule has 2 rings (SSSR count). The van der Waals surface area contributed by atoms with E-state index in [0.29, 0.717) is 19.0 Å². The molecule has 1 fully saturated rings. The summed E-state index contributed by atoms with van der Waals surface area (Å²) >= 11 is 0. The monoisotopic (exact) mass is 278 g/mol. The van der Waals surface area contributed by atoms with Gasteiger partial charge in [0.05, 0.1) is 12.2 Å². The Kier molecular flexibility index (Phi) is 4.11. The Balaban J connectivity index is 1.86. The molecule has 2 amide bonds. The summed E-state index contributed by atoms with van der Waals surface area (Å²) in [6.07, 6.45) is 2.30. The lowest BCUT2D eigenvalue weighted by atomic mass is 10.1. The highest BCUT2D eigenvalue weighted by molar-refractivity contribution is 5.74. The highest BCUT2D eigenvalue weighted by atomic mass is 16.2. The molecular formula is C14H22N4O2. The van der Waals surface area contributed by atoms with Crippen molar-refractivity contribution in [1.82, 2.24) is 20.4 Å². The van der Waals surface area contributed by atoms with E-state index in [1.165, 1.54) is 4.68 Å². The van der Waals surface area contributed by atoms with E-state index in [-0.39, 0.29) is 17.1 Å². The quantitative estimate of drug-likeness (QED) is 0.869. The number of amides is 2. The minimum atomic E-state index is -0.273. The van der Waals surface area contributed by atoms with Crippen LogP contribution in [0.25, 0.3) is 0 Å². The maximum absolute atomic E-state index is 11.7. The van der Waals surface area contributed by atoms with Crippen LogP contribution in [0, 0.1) is 0 Å². The number of nitrogens with one attached hydrogen (secondary N) is 2. The zero-order valence-corrected chi connectivity index (χ0v) is 12.3. The van der Waals surface area contributed by atoms with Crippen molar-refractivity contribution in [2.75, 3.05) is 6.54 Å². The number of carbonyl (C=O) groups is 1. The van der Waals surface area contributed by atoms with E-state index in [2.05, 4.69) is 15.7 Å². The van der Waals surface area contributed by atoms with Gasteiger partial charge in [-0.2, -0.15) is 5.10 Å². The van der Waals surface area contributed by atoms with Gasteiger partial charge in [0.1, 0.15) is 0 Å². The number of carbonyl (C=O) groups excluding carboxylic acids is 1. The number of aromatic nitrogens is 2. The number of urea groups is 1. The molecule has 0 atom stereocenters. The van der Waals surface area contributed by atoms with E-state index in [4.69, 9.17) is 0 Å². The normalized spacial score (nSPS) is 14.9. The summed E-state index contributed by atoms with van der Waals surface area (Å²) in [5.74, 6) is 0.513. The molecule has 20 heavy (non-hydrogen) atoms. The van der Waals surface area contributed by atoms with Crippen molar-refractivity contribution in [2.45, 2.75) is 51.6 Å². The molecule has 0 spiro atoms. The smallest absolute Gasteiger partial charge is 0.315 e. The van der Waals surface area contributed by atoms with Crippen molar-refractivity contribution in [3.05, 3.63) is 28.2 Å². The third kappa shape index (κ3) is 4.36. The van der Waals surface area contributed by atoms with E-state index in [9.17, 15) is 9.59 Å². The lowest BCUT2D eigenvalue weighted by Crippen LogP contribution is -2.47. The number of hydrogen-bond donors (Lipinski definition) is 2. The molecule has 1 aromatic rings. The Morgan fingerprint density at radius 2 is 2.10 bits per heavy atom. The molecule has 0 unspecified atom stereocenters. The predicted octanol–water partition coefficient (Wildman–Crippen LogP) is 1.22. The van der Waals surface area contributed by atoms with Gasteiger partial charge in [0.15, 0.2) is 0 Å². The van der Waals surface area contributed by atoms with Gasteiger partial charge in [-0.25, -0.2) is 9.48 Å². The fourth-order valence-corrected chi connectivity index (χ4v) is 1.88. The third-order valence-electron chi connectivity index (χ3n) is 2.98. The molecule has 6 nitrogen and oxygen atoms in total. The lowest BCUT2D eigenvalue weighted by Gasteiger charge is -2.20. The molecule has 1 heterocycles. The number of hydrogen-bond acceptors (Lipinski definition) is 3. The van der Waals surface area contributed by atoms with Crippen LogP contribution >= 0.6 is 0 Å². The molecule has 6 heteroatoms. The Hall–Kier alpha value is -1.85. The summed E-state index contributed by atoms with van der Waals surface area (Å²) in [5, 5.41) is 9.87. The average Bonchev–Trinajstić information content (AvgIpc) is 3.13. The molecule has 0 aromatic carbocycles. The van der Waals surface area contributed by atoms with Crippen LogP contribution in [-0.2, 0) is 6.54 Å². The average molecular weight is 278 g/mol. The maximum atomic E-state index is 11.7. The highest BCUT2D eigenvalue weighted by Gasteiger charge is 2.25. The predicted molar refractivity (Wildman–Crippen MR) is 76.8 cm³/mol. The van der Waals surface area contributed by atoms with Crippen LogP contribution < -0.4 is 16.2 Å². The zero-order chi connectivity index (χ0) is 14.8. The third-order valence-corrected chi connectivity index (χ3v) is 2.98. The molecule has 2 N–H and O–H groups in total. The van der Waals surface area contributed by atoms with Gasteiger partial charge >= 0.3 is 6.03 Å². The first-order chi connectivity index (χ1) is 9.35. The van der Waals surface area contributed by atoms with Crippen molar-refractivity contribution >= 4 is 6.03 Å². The molecule has 0 radical (unpaired) electrons. The summed E-state index contributed by atoms with van der Waals surface area (Å²) in [7, 11) is 0. The summed E-state index contributed by atoms with van der Waals surface area (Å²) in [4.78, 5) is 23.3. The standard InChI is InChI=1S/C14H22N4O2/c1-14(2,3)16-13(20)15-8-9-18-12(19)7-6-11(17-18)10-4-5-10/h6-7,10H,4-5,8-9H2,1-3H3,(H2,15,16,20). The van der Waals surface area contributed by atoms with Gasteiger partial charge in [-0.05, 0) is 39.7 Å². The second-order valence-electron chi connectivity index (χ2n) is 6.22. The molecule has 1 aromatic heterocycles. The fourth-order valence-electron chi connectivity index (χ4n) is 1.88. The van der Waals surface area contributed by atoms with Crippen LogP contribution in [0.15, 0.2) is 16.9 Å². The van der Waals surface area contributed by atoms with Crippen molar-refractivity contribution in [2.24, 2.45) is 0 Å². The minimum absolute atomic E-state index is 0.132. The van der Waals surface area contributed by atoms with Crippen LogP contribution in [0.3, 0.4) is 0 Å². The summed E-state index contributed by atoms with van der Waals surface area (Å²) in [6.45, 7) is 6.51. The first kappa shape index (κ1) is 14.6. The van der Waals surface area contributed by atoms with E-state index in [0.717, 1.165) is 18.5 Å². The molecule has 1 aliphatic carbocycles. The van der Waals surface area contributed by atoms with Gasteiger partial charge in [0.2, 0.25) is 0 Å². The van der Waals surface area contributed by atoms with Gasteiger partial charge in [-0.1, -0.05) is 0 Å². The Bertz CT molecular complexity index is 541. The van der Waals surface area contributed by atoms with Crippen molar-refractivity contribution in [1.29, 1.82) is 0 Å². The van der Waals surface area contributed by atoms with E-state index >= 15 is 0 Å². The van der Waals surface area contributed by atoms with Crippen molar-refractivity contribution in [3.8, 4) is 0 Å². The van der Waals surface area contributed by atoms with Crippen LogP contribution in [0.5, 0.6) is 0 Å². The zero-order valence-electron chi connectivity index (χ0n) is 12.3. The highest BCUT2D eigenvalue weighted by Crippen LogP contribution is 2.38. The largest absolute Gasteiger partial charge is 0.336 e. The van der Waals surface area contributed by atoms with Gasteiger partial charge in [0.25, 0.3) is 5.56 Å². The molecular weight excluding hydrogens is 256 g/mol. The van der Waals surface area contributed by atoms with Gasteiger partial charge in [-0.15, -0.1) is 0 Å². The fraction of sp³-hybridized carbons (Fsp3) is 0.643. The topological polar surface area (TPSA) is 76.0 Å². The minimum Gasteiger partial charge on any atom is -0.336 e. The van der Waals surface area contributed by atoms with Gasteiger partial charge < -0.3 is 10.6 Å². The van der Waals surface area contributed by atoms with E-state index < -0.39 is 0 Å². The lowest BCUT2D eigenvalue weighted by molar-refractivity contribution is 0.231. The molecule has 0 saturated heterocycles. The summed E-state index contributed by atoms with van der Waals surface area (Å²) < 4.78 is 1.42. The Morgan fingerprint density at radius 1 is 1.40 bits per heavy atom. The Labute approximate surface area is 118 Å². The van der Waals surface area contributed by atoms with Gasteiger partial charge in [-0.3, -0.25) is 4.79 Å². The number of rotatable bonds is 4. The van der Waals surface area contributed by atoms with Crippen LogP contribution in [0.2, 0.25) is 0 Å². The SMILES string of the molecule is CC(C)(C)NC(=O)NCCn1nc(C2CC2)ccc1=O. The summed E-state index contributed by atoms with van der Waals surface area (Å²) in [5.41, 5.74) is 0.571. The van der Waals surface area contributed by atoms with E-state index in [1.54, 1.807) is 12.1 Å². The van der Waals surface area contributed by atoms with E-state index in [1.807, 2.05) is 20.8 Å². The number of nitrogens with zero attached hydrogens (tertiary/aromatic N) is 2. The van der Waals surface area contributed by atoms with Crippen LogP contribution in [0.4, 0.5) is 4.79 Å². The molecule has 0 aliphatic heterocycles. The molecule has 1 aliphatic rings. The van der Waals surface area contributed by atoms with Crippen LogP contribution in [-0.4, -0.2) is 27.9 Å². The van der Waals surface area contributed by atoms with Crippen molar-refractivity contribution < 1.29 is 4.79 Å². The second kappa shape index (κ2) is 5.64. The maximum Gasteiger partial charge on any atom is 0.315 e. The first-order valence-corrected chi connectivity index (χ1v) is 6.99. The van der Waals surface area contributed by atoms with Crippen LogP contribution in [0.1, 0.15) is 45.2 Å². The first-order valence-electron chi connectivity index (χ1n) is 6.99. The molecule has 110 valence electrons. The Morgan fingerprint density at radius 3 is 2.70 bits per heavy atom. The summed E-state index contributed by atoms with van der Waals surface area (Å²) in [6, 6.07) is 3.12. The molecule has 0 bridgehead atoms.